The van der Waals surface area contributed by atoms with Crippen LogP contribution in [0.5, 0.6) is 0 Å². The Kier molecular flexibility index (Phi) is 6.20. The van der Waals surface area contributed by atoms with E-state index >= 15 is 0 Å². The van der Waals surface area contributed by atoms with Gasteiger partial charge in [-0.2, -0.15) is 5.26 Å². The van der Waals surface area contributed by atoms with Crippen molar-refractivity contribution >= 4 is 40.5 Å². The Hall–Kier alpha value is -3.50. The van der Waals surface area contributed by atoms with E-state index in [9.17, 15) is 14.9 Å². The number of carbonyl (C=O) groups excluding carboxylic acids is 2. The van der Waals surface area contributed by atoms with Gasteiger partial charge in [-0.25, -0.2) is 4.79 Å². The van der Waals surface area contributed by atoms with Crippen LogP contribution in [0.1, 0.15) is 10.4 Å². The van der Waals surface area contributed by atoms with Gasteiger partial charge in [-0.3, -0.25) is 4.79 Å². The number of hydrogen-bond donors (Lipinski definition) is 3. The zero-order valence-corrected chi connectivity index (χ0v) is 14.5. The number of nitrogens with two attached hydrogens (primary N) is 1. The first-order chi connectivity index (χ1) is 12.5. The van der Waals surface area contributed by atoms with Gasteiger partial charge in [-0.05, 0) is 30.3 Å². The molecular weight excluding hydrogens is 356 g/mol. The Morgan fingerprint density at radius 2 is 1.96 bits per heavy atom. The van der Waals surface area contributed by atoms with Gasteiger partial charge in [0.05, 0.1) is 29.1 Å². The molecule has 4 N–H and O–H groups in total. The molecule has 0 aromatic heterocycles. The summed E-state index contributed by atoms with van der Waals surface area (Å²) in [6.07, 6.45) is 1.20. The number of rotatable bonds is 5. The number of nitrogens with one attached hydrogen (secondary N) is 2. The maximum Gasteiger partial charge on any atom is 0.339 e. The zero-order chi connectivity index (χ0) is 19.1. The molecule has 0 fully saturated rings. The van der Waals surface area contributed by atoms with Gasteiger partial charge in [-0.15, -0.1) is 0 Å². The van der Waals surface area contributed by atoms with E-state index < -0.39 is 11.9 Å². The Morgan fingerprint density at radius 3 is 2.62 bits per heavy atom. The van der Waals surface area contributed by atoms with E-state index in [-0.39, 0.29) is 16.2 Å². The number of methoxy groups -OCH3 is 1. The largest absolute Gasteiger partial charge is 0.465 e. The zero-order valence-electron chi connectivity index (χ0n) is 13.7. The summed E-state index contributed by atoms with van der Waals surface area (Å²) in [5.74, 6) is -1.21. The van der Waals surface area contributed by atoms with Gasteiger partial charge >= 0.3 is 5.97 Å². The fourth-order valence-electron chi connectivity index (χ4n) is 2.02. The van der Waals surface area contributed by atoms with Crippen LogP contribution < -0.4 is 16.4 Å². The van der Waals surface area contributed by atoms with Crippen molar-refractivity contribution < 1.29 is 14.3 Å². The molecule has 0 saturated heterocycles. The van der Waals surface area contributed by atoms with Gasteiger partial charge in [0.15, 0.2) is 0 Å². The molecular formula is C18H15ClN4O3. The van der Waals surface area contributed by atoms with E-state index in [1.807, 2.05) is 0 Å². The van der Waals surface area contributed by atoms with Crippen LogP contribution in [0.25, 0.3) is 0 Å². The van der Waals surface area contributed by atoms with E-state index in [0.29, 0.717) is 17.1 Å². The second-order valence-electron chi connectivity index (χ2n) is 5.04. The van der Waals surface area contributed by atoms with Crippen molar-refractivity contribution in [1.29, 1.82) is 5.26 Å². The minimum absolute atomic E-state index is 0.211. The number of carbonyl (C=O) groups is 2. The average Bonchev–Trinajstić information content (AvgIpc) is 2.64. The first-order valence-electron chi connectivity index (χ1n) is 7.36. The van der Waals surface area contributed by atoms with Crippen molar-refractivity contribution in [2.75, 3.05) is 23.5 Å². The summed E-state index contributed by atoms with van der Waals surface area (Å²) >= 11 is 6.00. The Morgan fingerprint density at radius 1 is 1.23 bits per heavy atom. The molecule has 0 atom stereocenters. The molecule has 0 unspecified atom stereocenters. The summed E-state index contributed by atoms with van der Waals surface area (Å²) in [6, 6.07) is 12.9. The number of amides is 1. The molecule has 0 heterocycles. The second kappa shape index (κ2) is 8.55. The van der Waals surface area contributed by atoms with Crippen LogP contribution in [0.3, 0.4) is 0 Å². The van der Waals surface area contributed by atoms with Crippen molar-refractivity contribution in [3.8, 4) is 6.07 Å². The molecule has 7 nitrogen and oxygen atoms in total. The lowest BCUT2D eigenvalue weighted by Gasteiger charge is -2.09. The maximum absolute atomic E-state index is 12.3. The van der Waals surface area contributed by atoms with Crippen molar-refractivity contribution in [2.45, 2.75) is 0 Å². The molecule has 0 bridgehead atoms. The number of esters is 1. The number of anilines is 3. The van der Waals surface area contributed by atoms with E-state index in [1.165, 1.54) is 25.4 Å². The summed E-state index contributed by atoms with van der Waals surface area (Å²) in [6.45, 7) is 0. The van der Waals surface area contributed by atoms with E-state index in [2.05, 4.69) is 10.6 Å². The Balaban J connectivity index is 2.19. The first-order valence-corrected chi connectivity index (χ1v) is 7.74. The minimum Gasteiger partial charge on any atom is -0.465 e. The Labute approximate surface area is 155 Å². The molecule has 2 rings (SSSR count). The van der Waals surface area contributed by atoms with Crippen LogP contribution in [0.4, 0.5) is 17.1 Å². The van der Waals surface area contributed by atoms with Crippen molar-refractivity contribution in [2.24, 2.45) is 0 Å². The third kappa shape index (κ3) is 4.53. The summed E-state index contributed by atoms with van der Waals surface area (Å²) in [5, 5.41) is 14.8. The smallest absolute Gasteiger partial charge is 0.339 e. The van der Waals surface area contributed by atoms with Crippen LogP contribution >= 0.6 is 11.6 Å². The molecule has 132 valence electrons. The predicted molar refractivity (Wildman–Crippen MR) is 99.6 cm³/mol. The number of hydrogen-bond acceptors (Lipinski definition) is 6. The lowest BCUT2D eigenvalue weighted by Crippen LogP contribution is -2.15. The van der Waals surface area contributed by atoms with Crippen LogP contribution in [-0.2, 0) is 9.53 Å². The molecule has 8 heteroatoms. The normalized spacial score (nSPS) is 10.6. The van der Waals surface area contributed by atoms with Crippen LogP contribution in [0, 0.1) is 11.3 Å². The number of ether oxygens (including phenoxy) is 1. The molecule has 0 spiro atoms. The second-order valence-corrected chi connectivity index (χ2v) is 5.45. The van der Waals surface area contributed by atoms with E-state index in [1.54, 1.807) is 36.4 Å². The number of para-hydroxylation sites is 1. The Bertz CT molecular complexity index is 919. The van der Waals surface area contributed by atoms with E-state index in [0.717, 1.165) is 0 Å². The van der Waals surface area contributed by atoms with Gasteiger partial charge in [0.2, 0.25) is 0 Å². The van der Waals surface area contributed by atoms with Crippen LogP contribution in [0.15, 0.2) is 54.2 Å². The van der Waals surface area contributed by atoms with Gasteiger partial charge in [0.1, 0.15) is 11.6 Å². The highest BCUT2D eigenvalue weighted by molar-refractivity contribution is 6.34. The molecule has 0 saturated carbocycles. The van der Waals surface area contributed by atoms with Crippen molar-refractivity contribution in [1.82, 2.24) is 0 Å². The molecule has 0 aliphatic carbocycles. The number of nitrogens with zero attached hydrogens (tertiary/aromatic N) is 1. The third-order valence-corrected chi connectivity index (χ3v) is 3.62. The quantitative estimate of drug-likeness (QED) is 0.322. The number of halogens is 1. The average molecular weight is 371 g/mol. The van der Waals surface area contributed by atoms with Crippen LogP contribution in [-0.4, -0.2) is 19.0 Å². The summed E-state index contributed by atoms with van der Waals surface area (Å²) in [4.78, 5) is 24.0. The summed E-state index contributed by atoms with van der Waals surface area (Å²) in [7, 11) is 1.26. The SMILES string of the molecule is COC(=O)c1ccccc1N/C=C(/C#N)C(=O)Nc1ccc(N)cc1Cl. The topological polar surface area (TPSA) is 117 Å². The highest BCUT2D eigenvalue weighted by Crippen LogP contribution is 2.24. The molecule has 1 amide bonds. The molecule has 2 aromatic rings. The lowest BCUT2D eigenvalue weighted by molar-refractivity contribution is -0.112. The predicted octanol–water partition coefficient (Wildman–Crippen LogP) is 3.17. The van der Waals surface area contributed by atoms with Crippen molar-refractivity contribution in [3.63, 3.8) is 0 Å². The molecule has 2 aromatic carbocycles. The number of nitriles is 1. The highest BCUT2D eigenvalue weighted by atomic mass is 35.5. The van der Waals surface area contributed by atoms with Gasteiger partial charge in [-0.1, -0.05) is 23.7 Å². The fourth-order valence-corrected chi connectivity index (χ4v) is 2.25. The van der Waals surface area contributed by atoms with Gasteiger partial charge < -0.3 is 21.1 Å². The van der Waals surface area contributed by atoms with Gasteiger partial charge in [0, 0.05) is 11.9 Å². The third-order valence-electron chi connectivity index (χ3n) is 3.31. The molecule has 26 heavy (non-hydrogen) atoms. The van der Waals surface area contributed by atoms with E-state index in [4.69, 9.17) is 22.1 Å². The minimum atomic E-state index is -0.665. The van der Waals surface area contributed by atoms with Crippen LogP contribution in [0.2, 0.25) is 5.02 Å². The first kappa shape index (κ1) is 18.8. The molecule has 0 aliphatic rings. The monoisotopic (exact) mass is 370 g/mol. The molecule has 0 radical (unpaired) electrons. The lowest BCUT2D eigenvalue weighted by atomic mass is 10.2. The summed E-state index contributed by atoms with van der Waals surface area (Å²) < 4.78 is 4.69. The maximum atomic E-state index is 12.3. The highest BCUT2D eigenvalue weighted by Gasteiger charge is 2.13. The molecule has 0 aliphatic heterocycles. The van der Waals surface area contributed by atoms with Gasteiger partial charge in [0.25, 0.3) is 5.91 Å². The number of benzene rings is 2. The summed E-state index contributed by atoms with van der Waals surface area (Å²) in [5.41, 5.74) is 6.82. The number of nitrogen functional groups attached to an aromatic ring is 1. The standard InChI is InChI=1S/C18H15ClN4O3/c1-26-18(25)13-4-2-3-5-15(13)22-10-11(9-20)17(24)23-16-7-6-12(21)8-14(16)19/h2-8,10,22H,21H2,1H3,(H,23,24)/b11-10-. The van der Waals surface area contributed by atoms with Crippen molar-refractivity contribution in [3.05, 3.63) is 64.8 Å². The fraction of sp³-hybridized carbons (Fsp3) is 0.0556.